The lowest BCUT2D eigenvalue weighted by atomic mass is 9.86. The number of benzene rings is 3. The second-order valence-electron chi connectivity index (χ2n) is 8.18. The number of carbonyl (C=O) groups is 2. The minimum absolute atomic E-state index is 0.000799. The van der Waals surface area contributed by atoms with Gasteiger partial charge in [0.05, 0.1) is 22.3 Å². The number of nitrogens with zero attached hydrogens (tertiary/aromatic N) is 1. The molecule has 0 amide bonds. The van der Waals surface area contributed by atoms with Crippen LogP contribution in [0.5, 0.6) is 0 Å². The number of allylic oxidation sites excluding steroid dienone is 1. The number of nitro groups is 1. The molecule has 5 rings (SSSR count). The van der Waals surface area contributed by atoms with Crippen LogP contribution in [-0.2, 0) is 4.79 Å². The van der Waals surface area contributed by atoms with E-state index in [0.717, 1.165) is 29.1 Å². The van der Waals surface area contributed by atoms with Crippen molar-refractivity contribution in [1.29, 1.82) is 0 Å². The summed E-state index contributed by atoms with van der Waals surface area (Å²) in [6.07, 6.45) is 1.91. The van der Waals surface area contributed by atoms with Crippen LogP contribution in [0.2, 0.25) is 0 Å². The van der Waals surface area contributed by atoms with Crippen LogP contribution in [0, 0.1) is 10.1 Å². The van der Waals surface area contributed by atoms with Crippen LogP contribution in [0.15, 0.2) is 84.1 Å². The van der Waals surface area contributed by atoms with Crippen molar-refractivity contribution in [2.75, 3.05) is 10.6 Å². The van der Waals surface area contributed by atoms with Gasteiger partial charge in [-0.1, -0.05) is 30.3 Å². The van der Waals surface area contributed by atoms with Gasteiger partial charge in [0.1, 0.15) is 0 Å². The molecule has 0 fully saturated rings. The highest BCUT2D eigenvalue weighted by molar-refractivity contribution is 6.10. The summed E-state index contributed by atoms with van der Waals surface area (Å²) in [5, 5.41) is 17.9. The third kappa shape index (κ3) is 3.89. The Bertz CT molecular complexity index is 1300. The van der Waals surface area contributed by atoms with E-state index in [1.807, 2.05) is 24.3 Å². The minimum atomic E-state index is -0.446. The van der Waals surface area contributed by atoms with E-state index in [1.54, 1.807) is 36.4 Å². The second-order valence-corrected chi connectivity index (χ2v) is 8.18. The van der Waals surface area contributed by atoms with Crippen molar-refractivity contribution in [2.45, 2.75) is 25.3 Å². The van der Waals surface area contributed by atoms with E-state index in [4.69, 9.17) is 0 Å². The molecule has 0 spiro atoms. The first-order valence-corrected chi connectivity index (χ1v) is 10.8. The minimum Gasteiger partial charge on any atom is -0.372 e. The SMILES string of the molecule is O=C1CCCC2=C1C(c1ccc([N+](=O)[O-])cc1)Nc1ccc(C(=O)c3ccccc3)cc1N2. The van der Waals surface area contributed by atoms with Gasteiger partial charge < -0.3 is 10.6 Å². The molecule has 2 N–H and O–H groups in total. The maximum absolute atomic E-state index is 13.0. The van der Waals surface area contributed by atoms with Crippen LogP contribution in [0.25, 0.3) is 0 Å². The maximum Gasteiger partial charge on any atom is 0.269 e. The molecular formula is C26H21N3O4. The zero-order valence-corrected chi connectivity index (χ0v) is 17.7. The number of anilines is 2. The summed E-state index contributed by atoms with van der Waals surface area (Å²) < 4.78 is 0. The largest absolute Gasteiger partial charge is 0.372 e. The van der Waals surface area contributed by atoms with E-state index < -0.39 is 11.0 Å². The van der Waals surface area contributed by atoms with Crippen molar-refractivity contribution >= 4 is 28.6 Å². The Labute approximate surface area is 190 Å². The molecule has 1 atom stereocenters. The summed E-state index contributed by atoms with van der Waals surface area (Å²) in [5.41, 5.74) is 4.87. The smallest absolute Gasteiger partial charge is 0.269 e. The summed E-state index contributed by atoms with van der Waals surface area (Å²) in [7, 11) is 0. The average molecular weight is 439 g/mol. The Morgan fingerprint density at radius 1 is 0.909 bits per heavy atom. The van der Waals surface area contributed by atoms with Crippen LogP contribution < -0.4 is 10.6 Å². The fourth-order valence-corrected chi connectivity index (χ4v) is 4.43. The Morgan fingerprint density at radius 2 is 1.67 bits per heavy atom. The Kier molecular flexibility index (Phi) is 5.22. The molecule has 33 heavy (non-hydrogen) atoms. The number of hydrogen-bond donors (Lipinski definition) is 2. The van der Waals surface area contributed by atoms with Crippen LogP contribution in [0.4, 0.5) is 17.1 Å². The molecule has 7 nitrogen and oxygen atoms in total. The normalized spacial score (nSPS) is 17.2. The first-order valence-electron chi connectivity index (χ1n) is 10.8. The van der Waals surface area contributed by atoms with E-state index in [1.165, 1.54) is 12.1 Å². The van der Waals surface area contributed by atoms with Crippen molar-refractivity contribution in [3.05, 3.63) is 111 Å². The van der Waals surface area contributed by atoms with Gasteiger partial charge in [-0.25, -0.2) is 0 Å². The van der Waals surface area contributed by atoms with Gasteiger partial charge in [-0.2, -0.15) is 0 Å². The fourth-order valence-electron chi connectivity index (χ4n) is 4.43. The van der Waals surface area contributed by atoms with Gasteiger partial charge in [0.2, 0.25) is 0 Å². The van der Waals surface area contributed by atoms with Crippen molar-refractivity contribution < 1.29 is 14.5 Å². The number of nitrogens with one attached hydrogen (secondary N) is 2. The molecule has 3 aromatic rings. The lowest BCUT2D eigenvalue weighted by Gasteiger charge is -2.25. The Morgan fingerprint density at radius 3 is 2.39 bits per heavy atom. The highest BCUT2D eigenvalue weighted by Gasteiger charge is 2.32. The third-order valence-corrected chi connectivity index (χ3v) is 6.09. The van der Waals surface area contributed by atoms with Crippen LogP contribution in [0.1, 0.15) is 46.8 Å². The summed E-state index contributed by atoms with van der Waals surface area (Å²) in [6, 6.07) is 20.3. The lowest BCUT2D eigenvalue weighted by Crippen LogP contribution is -2.23. The predicted molar refractivity (Wildman–Crippen MR) is 125 cm³/mol. The van der Waals surface area contributed by atoms with Gasteiger partial charge in [-0.3, -0.25) is 19.7 Å². The standard InChI is InChI=1S/C26H21N3O4/c30-23-8-4-7-21-24(23)25(16-9-12-19(13-10-16)29(32)33)28-20-14-11-18(15-22(20)27-21)26(31)17-5-2-1-3-6-17/h1-3,5-6,9-15,25,27-28H,4,7-8H2. The van der Waals surface area contributed by atoms with Crippen molar-refractivity contribution in [1.82, 2.24) is 0 Å². The van der Waals surface area contributed by atoms with Gasteiger partial charge in [0.25, 0.3) is 5.69 Å². The number of ketones is 2. The highest BCUT2D eigenvalue weighted by Crippen LogP contribution is 2.41. The summed E-state index contributed by atoms with van der Waals surface area (Å²) >= 11 is 0. The number of rotatable bonds is 4. The molecule has 1 unspecified atom stereocenters. The van der Waals surface area contributed by atoms with E-state index in [-0.39, 0.29) is 17.3 Å². The quantitative estimate of drug-likeness (QED) is 0.320. The van der Waals surface area contributed by atoms with Gasteiger partial charge in [0, 0.05) is 41.0 Å². The van der Waals surface area contributed by atoms with Crippen molar-refractivity contribution in [2.24, 2.45) is 0 Å². The van der Waals surface area contributed by atoms with Crippen molar-refractivity contribution in [3.63, 3.8) is 0 Å². The van der Waals surface area contributed by atoms with E-state index >= 15 is 0 Å². The van der Waals surface area contributed by atoms with Gasteiger partial charge in [-0.15, -0.1) is 0 Å². The Balaban J connectivity index is 1.56. The number of nitro benzene ring substituents is 1. The first kappa shape index (κ1) is 20.6. The second kappa shape index (κ2) is 8.35. The molecule has 1 heterocycles. The number of carbonyl (C=O) groups excluding carboxylic acids is 2. The van der Waals surface area contributed by atoms with E-state index in [0.29, 0.717) is 29.5 Å². The molecule has 3 aromatic carbocycles. The molecule has 0 saturated carbocycles. The van der Waals surface area contributed by atoms with E-state index in [2.05, 4.69) is 10.6 Å². The summed E-state index contributed by atoms with van der Waals surface area (Å²) in [5.74, 6) is -0.0294. The lowest BCUT2D eigenvalue weighted by molar-refractivity contribution is -0.384. The molecule has 7 heteroatoms. The molecular weight excluding hydrogens is 418 g/mol. The third-order valence-electron chi connectivity index (χ3n) is 6.09. The predicted octanol–water partition coefficient (Wildman–Crippen LogP) is 5.41. The molecule has 0 radical (unpaired) electrons. The molecule has 164 valence electrons. The summed E-state index contributed by atoms with van der Waals surface area (Å²) in [6.45, 7) is 0. The average Bonchev–Trinajstić information content (AvgIpc) is 3.01. The Hall–Kier alpha value is -4.26. The molecule has 0 bridgehead atoms. The van der Waals surface area contributed by atoms with E-state index in [9.17, 15) is 19.7 Å². The van der Waals surface area contributed by atoms with Crippen LogP contribution in [0.3, 0.4) is 0 Å². The van der Waals surface area contributed by atoms with Gasteiger partial charge in [0.15, 0.2) is 11.6 Å². The molecule has 1 aliphatic heterocycles. The molecule has 0 aromatic heterocycles. The zero-order valence-electron chi connectivity index (χ0n) is 17.7. The van der Waals surface area contributed by atoms with Gasteiger partial charge >= 0.3 is 0 Å². The number of non-ortho nitro benzene ring substituents is 1. The van der Waals surface area contributed by atoms with Gasteiger partial charge in [-0.05, 0) is 48.7 Å². The summed E-state index contributed by atoms with van der Waals surface area (Å²) in [4.78, 5) is 36.5. The molecule has 1 aliphatic carbocycles. The number of Topliss-reactive ketones (excluding diaryl/α,β-unsaturated/α-hetero) is 1. The fraction of sp³-hybridized carbons (Fsp3) is 0.154. The molecule has 2 aliphatic rings. The topological polar surface area (TPSA) is 101 Å². The zero-order chi connectivity index (χ0) is 22.9. The van der Waals surface area contributed by atoms with Crippen LogP contribution >= 0.6 is 0 Å². The first-order chi connectivity index (χ1) is 16.0. The highest BCUT2D eigenvalue weighted by atomic mass is 16.6. The van der Waals surface area contributed by atoms with Crippen molar-refractivity contribution in [3.8, 4) is 0 Å². The monoisotopic (exact) mass is 439 g/mol. The maximum atomic E-state index is 13.0. The molecule has 0 saturated heterocycles. The van der Waals surface area contributed by atoms with Crippen LogP contribution in [-0.4, -0.2) is 16.5 Å². The number of fused-ring (bicyclic) bond motifs is 1. The number of hydrogen-bond acceptors (Lipinski definition) is 6.